The summed E-state index contributed by atoms with van der Waals surface area (Å²) in [7, 11) is 3.13. The van der Waals surface area contributed by atoms with Gasteiger partial charge in [0.2, 0.25) is 5.91 Å². The van der Waals surface area contributed by atoms with Crippen LogP contribution >= 0.6 is 11.6 Å². The van der Waals surface area contributed by atoms with Gasteiger partial charge in [0, 0.05) is 16.7 Å². The first-order chi connectivity index (χ1) is 16.4. The second-order valence-electron chi connectivity index (χ2n) is 8.32. The summed E-state index contributed by atoms with van der Waals surface area (Å²) in [6.07, 6.45) is -1.34. The number of carbonyl (C=O) groups is 2. The van der Waals surface area contributed by atoms with Crippen molar-refractivity contribution < 1.29 is 24.2 Å². The number of aliphatic hydroxyl groups is 1. The Bertz CT molecular complexity index is 1260. The standard InChI is InChI=1S/C26H23ClN2O5/c1-33-19-10-16(11-20(13-19)34-2)14-28-22-9-8-18(27)12-21(22)26(17-6-4-3-5-7-17)24(31)25(32)29(26)15-23(28)30/h3-13,24,31H,14-15H2,1-2H3/t24-,26+/m1/s1. The van der Waals surface area contributed by atoms with Crippen molar-refractivity contribution in [3.63, 3.8) is 0 Å². The van der Waals surface area contributed by atoms with Gasteiger partial charge < -0.3 is 24.4 Å². The molecule has 1 N–H and O–H groups in total. The number of fused-ring (bicyclic) bond motifs is 3. The van der Waals surface area contributed by atoms with Gasteiger partial charge in [-0.15, -0.1) is 0 Å². The van der Waals surface area contributed by atoms with E-state index in [0.29, 0.717) is 33.3 Å². The number of carbonyl (C=O) groups excluding carboxylic acids is 2. The molecular formula is C26H23ClN2O5. The van der Waals surface area contributed by atoms with Crippen LogP contribution in [0.2, 0.25) is 5.02 Å². The van der Waals surface area contributed by atoms with Crippen LogP contribution in [0.3, 0.4) is 0 Å². The third-order valence-corrected chi connectivity index (χ3v) is 6.78. The van der Waals surface area contributed by atoms with Crippen molar-refractivity contribution in [3.8, 4) is 11.5 Å². The van der Waals surface area contributed by atoms with E-state index in [4.69, 9.17) is 21.1 Å². The molecule has 0 aromatic heterocycles. The Morgan fingerprint density at radius 3 is 2.32 bits per heavy atom. The number of amides is 2. The van der Waals surface area contributed by atoms with E-state index < -0.39 is 17.6 Å². The third-order valence-electron chi connectivity index (χ3n) is 6.54. The van der Waals surface area contributed by atoms with Crippen molar-refractivity contribution in [2.75, 3.05) is 25.7 Å². The molecule has 0 unspecified atom stereocenters. The lowest BCUT2D eigenvalue weighted by atomic mass is 9.69. The molecule has 0 saturated carbocycles. The van der Waals surface area contributed by atoms with Gasteiger partial charge in [-0.2, -0.15) is 0 Å². The molecule has 5 rings (SSSR count). The van der Waals surface area contributed by atoms with Gasteiger partial charge >= 0.3 is 0 Å². The Labute approximate surface area is 202 Å². The molecule has 1 fully saturated rings. The summed E-state index contributed by atoms with van der Waals surface area (Å²) in [4.78, 5) is 29.4. The van der Waals surface area contributed by atoms with E-state index in [9.17, 15) is 14.7 Å². The molecular weight excluding hydrogens is 456 g/mol. The molecule has 174 valence electrons. The van der Waals surface area contributed by atoms with Gasteiger partial charge in [-0.3, -0.25) is 9.59 Å². The molecule has 8 heteroatoms. The minimum Gasteiger partial charge on any atom is -0.497 e. The van der Waals surface area contributed by atoms with Gasteiger partial charge in [-0.25, -0.2) is 0 Å². The zero-order valence-corrected chi connectivity index (χ0v) is 19.5. The minimum absolute atomic E-state index is 0.182. The maximum absolute atomic E-state index is 13.5. The molecule has 34 heavy (non-hydrogen) atoms. The Morgan fingerprint density at radius 2 is 1.68 bits per heavy atom. The summed E-state index contributed by atoms with van der Waals surface area (Å²) in [6, 6.07) is 19.9. The fraction of sp³-hybridized carbons (Fsp3) is 0.231. The molecule has 0 bridgehead atoms. The highest BCUT2D eigenvalue weighted by Gasteiger charge is 2.64. The van der Waals surface area contributed by atoms with Gasteiger partial charge in [0.15, 0.2) is 6.10 Å². The van der Waals surface area contributed by atoms with Crippen LogP contribution in [-0.2, 0) is 21.7 Å². The highest BCUT2D eigenvalue weighted by atomic mass is 35.5. The van der Waals surface area contributed by atoms with Crippen LogP contribution in [0.25, 0.3) is 0 Å². The first kappa shape index (κ1) is 22.3. The second-order valence-corrected chi connectivity index (χ2v) is 8.76. The van der Waals surface area contributed by atoms with Crippen molar-refractivity contribution in [1.82, 2.24) is 4.90 Å². The average Bonchev–Trinajstić information content (AvgIpc) is 2.95. The van der Waals surface area contributed by atoms with Gasteiger partial charge in [-0.1, -0.05) is 41.9 Å². The molecule has 2 aliphatic rings. The van der Waals surface area contributed by atoms with Crippen molar-refractivity contribution in [2.24, 2.45) is 0 Å². The lowest BCUT2D eigenvalue weighted by Crippen LogP contribution is -2.72. The van der Waals surface area contributed by atoms with Crippen molar-refractivity contribution in [3.05, 3.63) is 88.4 Å². The normalized spacial score (nSPS) is 21.4. The number of halogens is 1. The Kier molecular flexibility index (Phi) is 5.46. The SMILES string of the molecule is COc1cc(CN2C(=O)CN3C(=O)[C@@H](O)[C@]3(c3ccccc3)c3cc(Cl)ccc32)cc(OC)c1. The van der Waals surface area contributed by atoms with Crippen LogP contribution < -0.4 is 14.4 Å². The number of hydrogen-bond acceptors (Lipinski definition) is 5. The molecule has 0 radical (unpaired) electrons. The van der Waals surface area contributed by atoms with Gasteiger partial charge in [-0.05, 0) is 41.5 Å². The largest absolute Gasteiger partial charge is 0.497 e. The predicted molar refractivity (Wildman–Crippen MR) is 127 cm³/mol. The van der Waals surface area contributed by atoms with E-state index in [1.54, 1.807) is 43.4 Å². The molecule has 0 spiro atoms. The smallest absolute Gasteiger partial charge is 0.256 e. The lowest BCUT2D eigenvalue weighted by molar-refractivity contribution is -0.181. The van der Waals surface area contributed by atoms with E-state index in [-0.39, 0.29) is 19.0 Å². The quantitative estimate of drug-likeness (QED) is 0.569. The number of methoxy groups -OCH3 is 2. The molecule has 2 atom stereocenters. The number of rotatable bonds is 5. The van der Waals surface area contributed by atoms with E-state index in [0.717, 1.165) is 5.56 Å². The highest BCUT2D eigenvalue weighted by Crippen LogP contribution is 2.52. The number of nitrogens with zero attached hydrogens (tertiary/aromatic N) is 2. The maximum Gasteiger partial charge on any atom is 0.256 e. The van der Waals surface area contributed by atoms with E-state index in [2.05, 4.69) is 0 Å². The van der Waals surface area contributed by atoms with Crippen LogP contribution in [-0.4, -0.2) is 48.7 Å². The number of aliphatic hydroxyl groups excluding tert-OH is 1. The molecule has 2 amide bonds. The number of benzene rings is 3. The Hall–Kier alpha value is -3.55. The topological polar surface area (TPSA) is 79.3 Å². The van der Waals surface area contributed by atoms with E-state index >= 15 is 0 Å². The summed E-state index contributed by atoms with van der Waals surface area (Å²) in [5, 5.41) is 11.5. The van der Waals surface area contributed by atoms with Crippen molar-refractivity contribution in [1.29, 1.82) is 0 Å². The van der Waals surface area contributed by atoms with Crippen molar-refractivity contribution in [2.45, 2.75) is 18.2 Å². The first-order valence-corrected chi connectivity index (χ1v) is 11.2. The molecule has 3 aromatic rings. The van der Waals surface area contributed by atoms with Crippen molar-refractivity contribution >= 4 is 29.1 Å². The molecule has 1 saturated heterocycles. The molecule has 0 aliphatic carbocycles. The average molecular weight is 479 g/mol. The lowest BCUT2D eigenvalue weighted by Gasteiger charge is -2.55. The van der Waals surface area contributed by atoms with Crippen LogP contribution in [0.1, 0.15) is 16.7 Å². The summed E-state index contributed by atoms with van der Waals surface area (Å²) in [6.45, 7) is 0.0300. The fourth-order valence-corrected chi connectivity index (χ4v) is 5.13. The molecule has 2 heterocycles. The number of ether oxygens (including phenoxy) is 2. The second kappa shape index (κ2) is 8.34. The number of anilines is 1. The molecule has 2 aliphatic heterocycles. The van der Waals surface area contributed by atoms with Crippen LogP contribution in [0, 0.1) is 0 Å². The Balaban J connectivity index is 1.69. The first-order valence-electron chi connectivity index (χ1n) is 10.8. The van der Waals surface area contributed by atoms with Crippen LogP contribution in [0.4, 0.5) is 5.69 Å². The summed E-state index contributed by atoms with van der Waals surface area (Å²) < 4.78 is 10.8. The zero-order valence-electron chi connectivity index (χ0n) is 18.7. The zero-order chi connectivity index (χ0) is 24.0. The molecule has 3 aromatic carbocycles. The van der Waals surface area contributed by atoms with E-state index in [1.165, 1.54) is 4.90 Å². The van der Waals surface area contributed by atoms with Crippen LogP contribution in [0.5, 0.6) is 11.5 Å². The minimum atomic E-state index is -1.34. The summed E-state index contributed by atoms with van der Waals surface area (Å²) in [5.41, 5.74) is 1.46. The highest BCUT2D eigenvalue weighted by molar-refractivity contribution is 6.30. The molecule has 7 nitrogen and oxygen atoms in total. The predicted octanol–water partition coefficient (Wildman–Crippen LogP) is 3.35. The number of hydrogen-bond donors (Lipinski definition) is 1. The van der Waals surface area contributed by atoms with Gasteiger partial charge in [0.25, 0.3) is 5.91 Å². The van der Waals surface area contributed by atoms with Crippen LogP contribution in [0.15, 0.2) is 66.7 Å². The van der Waals surface area contributed by atoms with Gasteiger partial charge in [0.05, 0.1) is 26.5 Å². The monoisotopic (exact) mass is 478 g/mol. The maximum atomic E-state index is 13.5. The third kappa shape index (κ3) is 3.23. The summed E-state index contributed by atoms with van der Waals surface area (Å²) in [5.74, 6) is 0.433. The number of β-lactam (4-membered cyclic amide) rings is 1. The fourth-order valence-electron chi connectivity index (χ4n) is 4.96. The van der Waals surface area contributed by atoms with Gasteiger partial charge in [0.1, 0.15) is 23.6 Å². The Morgan fingerprint density at radius 1 is 1.00 bits per heavy atom. The van der Waals surface area contributed by atoms with E-state index in [1.807, 2.05) is 42.5 Å². The summed E-state index contributed by atoms with van der Waals surface area (Å²) >= 11 is 6.40.